The Morgan fingerprint density at radius 2 is 2.12 bits per heavy atom. The fourth-order valence-corrected chi connectivity index (χ4v) is 1.86. The van der Waals surface area contributed by atoms with E-state index in [1.165, 1.54) is 0 Å². The minimum Gasteiger partial charge on any atom is -0.480 e. The van der Waals surface area contributed by atoms with Crippen LogP contribution in [0.15, 0.2) is 0 Å². The lowest BCUT2D eigenvalue weighted by molar-refractivity contribution is -0.139. The van der Waals surface area contributed by atoms with E-state index in [9.17, 15) is 9.59 Å². The molecule has 2 amide bonds. The van der Waals surface area contributed by atoms with E-state index in [1.54, 1.807) is 11.9 Å². The quantitative estimate of drug-likeness (QED) is 0.746. The van der Waals surface area contributed by atoms with Crippen LogP contribution in [-0.2, 0) is 4.79 Å². The summed E-state index contributed by atoms with van der Waals surface area (Å²) in [6.45, 7) is 2.00. The molecule has 0 aromatic heterocycles. The molecule has 2 N–H and O–H groups in total. The van der Waals surface area contributed by atoms with Gasteiger partial charge in [-0.05, 0) is 25.7 Å². The van der Waals surface area contributed by atoms with E-state index in [4.69, 9.17) is 5.11 Å². The third-order valence-electron chi connectivity index (χ3n) is 3.38. The third-order valence-corrected chi connectivity index (χ3v) is 3.38. The molecular weight excluding hydrogens is 220 g/mol. The van der Waals surface area contributed by atoms with Crippen LogP contribution in [-0.4, -0.2) is 41.1 Å². The molecule has 0 aromatic carbocycles. The Bertz CT molecular complexity index is 277. The Balaban J connectivity index is 2.41. The second-order valence-corrected chi connectivity index (χ2v) is 4.68. The number of amides is 2. The number of carbonyl (C=O) groups is 2. The highest BCUT2D eigenvalue weighted by Gasteiger charge is 2.28. The van der Waals surface area contributed by atoms with Crippen molar-refractivity contribution in [2.24, 2.45) is 0 Å². The average molecular weight is 242 g/mol. The van der Waals surface area contributed by atoms with Crippen LogP contribution in [0, 0.1) is 0 Å². The molecule has 98 valence electrons. The molecule has 17 heavy (non-hydrogen) atoms. The summed E-state index contributed by atoms with van der Waals surface area (Å²) in [5, 5.41) is 11.6. The number of urea groups is 1. The number of rotatable bonds is 6. The van der Waals surface area contributed by atoms with Crippen molar-refractivity contribution in [3.63, 3.8) is 0 Å². The summed E-state index contributed by atoms with van der Waals surface area (Å²) in [5.74, 6) is -0.950. The first-order valence-corrected chi connectivity index (χ1v) is 6.32. The molecule has 1 saturated carbocycles. The molecule has 1 aliphatic carbocycles. The van der Waals surface area contributed by atoms with Crippen molar-refractivity contribution < 1.29 is 14.7 Å². The monoisotopic (exact) mass is 242 g/mol. The first-order chi connectivity index (χ1) is 8.06. The number of hydrogen-bond acceptors (Lipinski definition) is 2. The smallest absolute Gasteiger partial charge is 0.326 e. The molecule has 1 fully saturated rings. The summed E-state index contributed by atoms with van der Waals surface area (Å²) in [5.41, 5.74) is 0. The Morgan fingerprint density at radius 3 is 2.53 bits per heavy atom. The van der Waals surface area contributed by atoms with Crippen LogP contribution >= 0.6 is 0 Å². The van der Waals surface area contributed by atoms with Gasteiger partial charge in [-0.2, -0.15) is 0 Å². The normalized spacial score (nSPS) is 17.1. The lowest BCUT2D eigenvalue weighted by Gasteiger charge is -2.35. The zero-order valence-electron chi connectivity index (χ0n) is 10.6. The van der Waals surface area contributed by atoms with Crippen LogP contribution in [0.2, 0.25) is 0 Å². The van der Waals surface area contributed by atoms with Gasteiger partial charge >= 0.3 is 12.0 Å². The van der Waals surface area contributed by atoms with Crippen LogP contribution in [0.25, 0.3) is 0 Å². The summed E-state index contributed by atoms with van der Waals surface area (Å²) in [7, 11) is 1.73. The highest BCUT2D eigenvalue weighted by atomic mass is 16.4. The molecule has 0 bridgehead atoms. The summed E-state index contributed by atoms with van der Waals surface area (Å²) < 4.78 is 0. The van der Waals surface area contributed by atoms with E-state index in [2.05, 4.69) is 5.32 Å². The number of nitrogens with one attached hydrogen (secondary N) is 1. The van der Waals surface area contributed by atoms with Gasteiger partial charge in [-0.15, -0.1) is 0 Å². The van der Waals surface area contributed by atoms with Gasteiger partial charge in [0.05, 0.1) is 0 Å². The van der Waals surface area contributed by atoms with Crippen LogP contribution in [0.3, 0.4) is 0 Å². The molecule has 0 aromatic rings. The second-order valence-electron chi connectivity index (χ2n) is 4.68. The number of nitrogens with zero attached hydrogens (tertiary/aromatic N) is 1. The van der Waals surface area contributed by atoms with Crippen molar-refractivity contribution in [1.82, 2.24) is 10.2 Å². The van der Waals surface area contributed by atoms with Crippen LogP contribution in [0.1, 0.15) is 45.4 Å². The van der Waals surface area contributed by atoms with Crippen molar-refractivity contribution >= 4 is 12.0 Å². The fourth-order valence-electron chi connectivity index (χ4n) is 1.86. The van der Waals surface area contributed by atoms with Gasteiger partial charge in [-0.1, -0.05) is 19.8 Å². The maximum Gasteiger partial charge on any atom is 0.326 e. The standard InChI is InChI=1S/C12H22N2O3/c1-3-4-8-10(11(15)16)13-12(17)14(2)9-6-5-7-9/h9-10H,3-8H2,1-2H3,(H,13,17)(H,15,16)/t10-/m0/s1. The highest BCUT2D eigenvalue weighted by Crippen LogP contribution is 2.23. The van der Waals surface area contributed by atoms with Crippen molar-refractivity contribution in [2.75, 3.05) is 7.05 Å². The average Bonchev–Trinajstić information content (AvgIpc) is 2.20. The first-order valence-electron chi connectivity index (χ1n) is 6.32. The third kappa shape index (κ3) is 3.91. The Hall–Kier alpha value is -1.26. The van der Waals surface area contributed by atoms with Gasteiger partial charge in [-0.3, -0.25) is 0 Å². The first kappa shape index (κ1) is 13.8. The Morgan fingerprint density at radius 1 is 1.47 bits per heavy atom. The van der Waals surface area contributed by atoms with Gasteiger partial charge in [0, 0.05) is 13.1 Å². The fraction of sp³-hybridized carbons (Fsp3) is 0.833. The van der Waals surface area contributed by atoms with Crippen molar-refractivity contribution in [3.05, 3.63) is 0 Å². The molecule has 5 heteroatoms. The predicted molar refractivity (Wildman–Crippen MR) is 64.9 cm³/mol. The minimum atomic E-state index is -0.950. The molecule has 0 aliphatic heterocycles. The lowest BCUT2D eigenvalue weighted by Crippen LogP contribution is -2.51. The van der Waals surface area contributed by atoms with Crippen LogP contribution < -0.4 is 5.32 Å². The van der Waals surface area contributed by atoms with Crippen LogP contribution in [0.5, 0.6) is 0 Å². The Kier molecular flexibility index (Phi) is 5.25. The molecule has 0 unspecified atom stereocenters. The molecule has 5 nitrogen and oxygen atoms in total. The molecule has 1 atom stereocenters. The van der Waals surface area contributed by atoms with Gasteiger partial charge in [0.25, 0.3) is 0 Å². The van der Waals surface area contributed by atoms with Gasteiger partial charge < -0.3 is 15.3 Å². The van der Waals surface area contributed by atoms with Crippen LogP contribution in [0.4, 0.5) is 4.79 Å². The van der Waals surface area contributed by atoms with E-state index in [1.807, 2.05) is 6.92 Å². The summed E-state index contributed by atoms with van der Waals surface area (Å²) in [6.07, 6.45) is 5.44. The summed E-state index contributed by atoms with van der Waals surface area (Å²) in [4.78, 5) is 24.4. The summed E-state index contributed by atoms with van der Waals surface area (Å²) in [6, 6.07) is -0.737. The predicted octanol–water partition coefficient (Wildman–Crippen LogP) is 1.82. The number of unbranched alkanes of at least 4 members (excludes halogenated alkanes) is 1. The van der Waals surface area contributed by atoms with E-state index in [0.717, 1.165) is 32.1 Å². The molecule has 0 heterocycles. The molecule has 1 aliphatic rings. The zero-order chi connectivity index (χ0) is 12.8. The second kappa shape index (κ2) is 6.47. The van der Waals surface area contributed by atoms with E-state index >= 15 is 0 Å². The highest BCUT2D eigenvalue weighted by molar-refractivity contribution is 5.82. The van der Waals surface area contributed by atoms with E-state index in [-0.39, 0.29) is 12.1 Å². The molecular formula is C12H22N2O3. The minimum absolute atomic E-state index is 0.266. The summed E-state index contributed by atoms with van der Waals surface area (Å²) >= 11 is 0. The molecule has 1 rings (SSSR count). The van der Waals surface area contributed by atoms with Crippen molar-refractivity contribution in [1.29, 1.82) is 0 Å². The van der Waals surface area contributed by atoms with Gasteiger partial charge in [0.15, 0.2) is 0 Å². The maximum atomic E-state index is 11.8. The molecule has 0 spiro atoms. The molecule has 0 saturated heterocycles. The van der Waals surface area contributed by atoms with Crippen molar-refractivity contribution in [3.8, 4) is 0 Å². The molecule has 0 radical (unpaired) electrons. The number of carboxylic acid groups (broad SMARTS) is 1. The largest absolute Gasteiger partial charge is 0.480 e. The van der Waals surface area contributed by atoms with Gasteiger partial charge in [0.1, 0.15) is 6.04 Å². The number of carbonyl (C=O) groups excluding carboxylic acids is 1. The number of hydrogen-bond donors (Lipinski definition) is 2. The SMILES string of the molecule is CCCC[C@H](NC(=O)N(C)C1CCC1)C(=O)O. The number of aliphatic carboxylic acids is 1. The van der Waals surface area contributed by atoms with Gasteiger partial charge in [-0.25, -0.2) is 9.59 Å². The topological polar surface area (TPSA) is 69.6 Å². The maximum absolute atomic E-state index is 11.8. The van der Waals surface area contributed by atoms with E-state index < -0.39 is 12.0 Å². The zero-order valence-corrected chi connectivity index (χ0v) is 10.6. The van der Waals surface area contributed by atoms with E-state index in [0.29, 0.717) is 6.42 Å². The Labute approximate surface area is 102 Å². The number of carboxylic acids is 1. The van der Waals surface area contributed by atoms with Crippen molar-refractivity contribution in [2.45, 2.75) is 57.5 Å². The lowest BCUT2D eigenvalue weighted by atomic mass is 9.92. The van der Waals surface area contributed by atoms with Gasteiger partial charge in [0.2, 0.25) is 0 Å².